The Morgan fingerprint density at radius 2 is 1.68 bits per heavy atom. The molecule has 1 aliphatic heterocycles. The lowest BCUT2D eigenvalue weighted by Gasteiger charge is -2.34. The van der Waals surface area contributed by atoms with Crippen LogP contribution in [0.3, 0.4) is 0 Å². The third kappa shape index (κ3) is 3.08. The first-order valence-corrected chi connectivity index (χ1v) is 7.88. The second-order valence-electron chi connectivity index (χ2n) is 5.78. The van der Waals surface area contributed by atoms with Gasteiger partial charge in [-0.25, -0.2) is 0 Å². The maximum absolute atomic E-state index is 6.44. The Bertz CT molecular complexity index is 439. The predicted octanol–water partition coefficient (Wildman–Crippen LogP) is 4.01. The summed E-state index contributed by atoms with van der Waals surface area (Å²) in [5.41, 5.74) is 7.62. The van der Waals surface area contributed by atoms with Crippen LogP contribution in [-0.2, 0) is 0 Å². The largest absolute Gasteiger partial charge is 0.326 e. The Hall–Kier alpha value is -0.280. The molecule has 0 bridgehead atoms. The van der Waals surface area contributed by atoms with Gasteiger partial charge in [-0.05, 0) is 56.0 Å². The van der Waals surface area contributed by atoms with E-state index in [1.54, 1.807) is 6.07 Å². The van der Waals surface area contributed by atoms with Crippen LogP contribution in [0.4, 0.5) is 0 Å². The molecule has 1 heterocycles. The molecular formula is C15H20Cl2N2. The van der Waals surface area contributed by atoms with Crippen molar-refractivity contribution in [2.24, 2.45) is 5.73 Å². The summed E-state index contributed by atoms with van der Waals surface area (Å²) in [5, 5.41) is 1.41. The van der Waals surface area contributed by atoms with Gasteiger partial charge in [0.25, 0.3) is 0 Å². The molecule has 2 N–H and O–H groups in total. The van der Waals surface area contributed by atoms with Crippen molar-refractivity contribution in [1.82, 2.24) is 4.90 Å². The monoisotopic (exact) mass is 298 g/mol. The van der Waals surface area contributed by atoms with Crippen LogP contribution in [0.25, 0.3) is 0 Å². The van der Waals surface area contributed by atoms with Gasteiger partial charge in [-0.1, -0.05) is 29.6 Å². The smallest absolute Gasteiger partial charge is 0.0503 e. The van der Waals surface area contributed by atoms with Crippen molar-refractivity contribution in [3.05, 3.63) is 33.8 Å². The zero-order chi connectivity index (χ0) is 13.4. The molecule has 2 fully saturated rings. The molecule has 1 saturated heterocycles. The van der Waals surface area contributed by atoms with Gasteiger partial charge >= 0.3 is 0 Å². The summed E-state index contributed by atoms with van der Waals surface area (Å²) >= 11 is 12.3. The second-order valence-corrected chi connectivity index (χ2v) is 6.65. The van der Waals surface area contributed by atoms with E-state index in [1.165, 1.54) is 31.2 Å². The molecule has 1 saturated carbocycles. The Morgan fingerprint density at radius 3 is 2.32 bits per heavy atom. The molecule has 1 aliphatic carbocycles. The molecule has 0 spiro atoms. The average Bonchev–Trinajstić information content (AvgIpc) is 3.13. The van der Waals surface area contributed by atoms with Gasteiger partial charge in [0.15, 0.2) is 0 Å². The van der Waals surface area contributed by atoms with Crippen molar-refractivity contribution in [1.29, 1.82) is 0 Å². The topological polar surface area (TPSA) is 29.3 Å². The van der Waals surface area contributed by atoms with Gasteiger partial charge in [-0.15, -0.1) is 0 Å². The van der Waals surface area contributed by atoms with E-state index in [0.717, 1.165) is 13.0 Å². The van der Waals surface area contributed by atoms with Gasteiger partial charge in [0.2, 0.25) is 0 Å². The lowest BCUT2D eigenvalue weighted by molar-refractivity contribution is 0.175. The molecule has 0 amide bonds. The summed E-state index contributed by atoms with van der Waals surface area (Å²) in [6.07, 6.45) is 6.15. The van der Waals surface area contributed by atoms with E-state index in [1.807, 2.05) is 12.1 Å². The van der Waals surface area contributed by atoms with Crippen LogP contribution in [0.2, 0.25) is 10.0 Å². The first-order chi connectivity index (χ1) is 9.15. The number of likely N-dealkylation sites (tertiary alicyclic amines) is 1. The van der Waals surface area contributed by atoms with Crippen LogP contribution in [0.15, 0.2) is 18.2 Å². The summed E-state index contributed by atoms with van der Waals surface area (Å²) in [6, 6.07) is 7.00. The molecule has 104 valence electrons. The summed E-state index contributed by atoms with van der Waals surface area (Å²) in [5.74, 6) is 0. The Morgan fingerprint density at radius 1 is 1.00 bits per heavy atom. The van der Waals surface area contributed by atoms with E-state index in [4.69, 9.17) is 28.9 Å². The lowest BCUT2D eigenvalue weighted by Crippen LogP contribution is -2.41. The third-order valence-electron chi connectivity index (χ3n) is 4.21. The minimum atomic E-state index is 0.178. The van der Waals surface area contributed by atoms with Crippen molar-refractivity contribution in [2.75, 3.05) is 6.54 Å². The van der Waals surface area contributed by atoms with Crippen LogP contribution in [0.5, 0.6) is 0 Å². The number of nitrogens with zero attached hydrogens (tertiary/aromatic N) is 1. The molecular weight excluding hydrogens is 279 g/mol. The maximum atomic E-state index is 6.44. The standard InChI is InChI=1S/C15H20Cl2N2/c16-11-7-10(8-12(17)9-11)15-14(18)3-1-2-6-19(15)13-4-5-13/h7-9,13-15H,1-6,18H2. The van der Waals surface area contributed by atoms with E-state index in [-0.39, 0.29) is 12.1 Å². The maximum Gasteiger partial charge on any atom is 0.0503 e. The van der Waals surface area contributed by atoms with Crippen molar-refractivity contribution < 1.29 is 0 Å². The Kier molecular flexibility index (Phi) is 4.04. The van der Waals surface area contributed by atoms with Gasteiger partial charge in [-0.3, -0.25) is 4.90 Å². The number of nitrogens with two attached hydrogens (primary N) is 1. The Labute approximate surface area is 124 Å². The zero-order valence-corrected chi connectivity index (χ0v) is 12.5. The highest BCUT2D eigenvalue weighted by molar-refractivity contribution is 6.34. The van der Waals surface area contributed by atoms with E-state index in [2.05, 4.69) is 4.90 Å². The summed E-state index contributed by atoms with van der Waals surface area (Å²) in [4.78, 5) is 2.58. The zero-order valence-electron chi connectivity index (χ0n) is 11.0. The molecule has 4 heteroatoms. The first-order valence-electron chi connectivity index (χ1n) is 7.12. The van der Waals surface area contributed by atoms with Crippen LogP contribution in [0, 0.1) is 0 Å². The summed E-state index contributed by atoms with van der Waals surface area (Å²) in [7, 11) is 0. The Balaban J connectivity index is 1.96. The van der Waals surface area contributed by atoms with Crippen LogP contribution in [-0.4, -0.2) is 23.5 Å². The van der Waals surface area contributed by atoms with Crippen LogP contribution < -0.4 is 5.73 Å². The summed E-state index contributed by atoms with van der Waals surface area (Å²) < 4.78 is 0. The highest BCUT2D eigenvalue weighted by atomic mass is 35.5. The van der Waals surface area contributed by atoms with E-state index in [0.29, 0.717) is 16.1 Å². The quantitative estimate of drug-likeness (QED) is 0.894. The predicted molar refractivity (Wildman–Crippen MR) is 80.8 cm³/mol. The van der Waals surface area contributed by atoms with Crippen molar-refractivity contribution >= 4 is 23.2 Å². The molecule has 0 radical (unpaired) electrons. The number of benzene rings is 1. The number of hydrogen-bond donors (Lipinski definition) is 1. The fourth-order valence-electron chi connectivity index (χ4n) is 3.22. The van der Waals surface area contributed by atoms with E-state index in [9.17, 15) is 0 Å². The first kappa shape index (κ1) is 13.7. The SMILES string of the molecule is NC1CCCCN(C2CC2)C1c1cc(Cl)cc(Cl)c1. The second kappa shape index (κ2) is 5.61. The highest BCUT2D eigenvalue weighted by Gasteiger charge is 2.38. The van der Waals surface area contributed by atoms with Crippen LogP contribution >= 0.6 is 23.2 Å². The van der Waals surface area contributed by atoms with Gasteiger partial charge in [0.05, 0.1) is 6.04 Å². The molecule has 2 unspecified atom stereocenters. The normalized spacial score (nSPS) is 29.2. The van der Waals surface area contributed by atoms with Gasteiger partial charge < -0.3 is 5.73 Å². The molecule has 1 aromatic rings. The third-order valence-corrected chi connectivity index (χ3v) is 4.65. The molecule has 3 rings (SSSR count). The molecule has 19 heavy (non-hydrogen) atoms. The summed E-state index contributed by atoms with van der Waals surface area (Å²) in [6.45, 7) is 1.15. The van der Waals surface area contributed by atoms with Gasteiger partial charge in [0, 0.05) is 22.1 Å². The van der Waals surface area contributed by atoms with E-state index >= 15 is 0 Å². The molecule has 0 aromatic heterocycles. The lowest BCUT2D eigenvalue weighted by atomic mass is 9.96. The molecule has 2 nitrogen and oxygen atoms in total. The van der Waals surface area contributed by atoms with Crippen molar-refractivity contribution in [3.63, 3.8) is 0 Å². The van der Waals surface area contributed by atoms with Crippen molar-refractivity contribution in [3.8, 4) is 0 Å². The minimum absolute atomic E-state index is 0.178. The fourth-order valence-corrected chi connectivity index (χ4v) is 3.76. The minimum Gasteiger partial charge on any atom is -0.326 e. The molecule has 2 aliphatic rings. The number of hydrogen-bond acceptors (Lipinski definition) is 2. The molecule has 1 aromatic carbocycles. The van der Waals surface area contributed by atoms with Crippen LogP contribution in [0.1, 0.15) is 43.7 Å². The van der Waals surface area contributed by atoms with Crippen molar-refractivity contribution in [2.45, 2.75) is 50.2 Å². The molecule has 2 atom stereocenters. The van der Waals surface area contributed by atoms with Gasteiger partial charge in [0.1, 0.15) is 0 Å². The number of rotatable bonds is 2. The average molecular weight is 299 g/mol. The fraction of sp³-hybridized carbons (Fsp3) is 0.600. The number of halogens is 2. The van der Waals surface area contributed by atoms with Gasteiger partial charge in [-0.2, -0.15) is 0 Å². The highest BCUT2D eigenvalue weighted by Crippen LogP contribution is 2.39. The van der Waals surface area contributed by atoms with E-state index < -0.39 is 0 Å².